The first-order valence-corrected chi connectivity index (χ1v) is 38.4. The molecule has 506 valence electrons. The van der Waals surface area contributed by atoms with Crippen LogP contribution in [-0.2, 0) is 65.3 Å². The number of benzene rings is 6. The van der Waals surface area contributed by atoms with Gasteiger partial charge in [0.1, 0.15) is 34.0 Å². The molecule has 96 heavy (non-hydrogen) atoms. The molecule has 0 saturated carbocycles. The van der Waals surface area contributed by atoms with Gasteiger partial charge in [-0.2, -0.15) is 16.8 Å². The molecular weight excluding hydrogens is 1270 g/mol. The van der Waals surface area contributed by atoms with Gasteiger partial charge in [-0.1, -0.05) is 124 Å². The number of amides is 2. The van der Waals surface area contributed by atoms with E-state index in [0.29, 0.717) is 68.6 Å². The van der Waals surface area contributed by atoms with Gasteiger partial charge in [-0.25, -0.2) is 4.58 Å². The standard InChI is InChI=1S/C72H87B2N5O14S2Si/c1-46(2)66(80)27-12-11-13-28-67(81)62(44-94(88,89)90)51(37-48-21-14-18-25-63(48)73(84)85)39-59-54-23-16-17-24-55(54)61(43-79(42-50-22-15-19-26-64(50)74(86)87)65(45-95(91,92)93)72(83)76-36-20-35-75-71(82)47(3)4)60-38-49(29-32-56(59)60)70-57-33-30-52(77(5)6)40-68(57)96(9,10)69-41-53(78(7)8)31-34-58(69)70/h14-19,21-26,29-34,38,40-41,51,62,65,84-87H,1,3,11-13,20,27-28,35-37,39,42-45H2,2,4-10H3,(H3-,75,76,82,83,88,89,90,91,92,93)/p+1. The van der Waals surface area contributed by atoms with Gasteiger partial charge in [0.15, 0.2) is 11.5 Å². The van der Waals surface area contributed by atoms with Crippen molar-refractivity contribution in [2.45, 2.75) is 97.4 Å². The fraction of sp³-hybridized carbons (Fsp3) is 0.347. The van der Waals surface area contributed by atoms with Crippen LogP contribution < -0.4 is 31.6 Å². The lowest BCUT2D eigenvalue weighted by Gasteiger charge is -2.38. The average molecular weight is 1360 g/mol. The average Bonchev–Trinajstić information content (AvgIpc) is 0.726. The van der Waals surface area contributed by atoms with Crippen molar-refractivity contribution >= 4 is 121 Å². The molecule has 6 aromatic carbocycles. The predicted octanol–water partition coefficient (Wildman–Crippen LogP) is 5.93. The molecule has 1 heterocycles. The van der Waals surface area contributed by atoms with Crippen LogP contribution in [0.1, 0.15) is 85.8 Å². The lowest BCUT2D eigenvalue weighted by Crippen LogP contribution is -2.51. The first-order chi connectivity index (χ1) is 45.3. The van der Waals surface area contributed by atoms with Crippen LogP contribution in [0, 0.1) is 11.8 Å². The molecule has 3 unspecified atom stereocenters. The summed E-state index contributed by atoms with van der Waals surface area (Å²) in [6, 6.07) is 31.1. The Morgan fingerprint density at radius 3 is 1.85 bits per heavy atom. The van der Waals surface area contributed by atoms with Crippen molar-refractivity contribution in [2.24, 2.45) is 11.8 Å². The number of unbranched alkanes of at least 4 members (excludes halogenated alkanes) is 2. The predicted molar refractivity (Wildman–Crippen MR) is 386 cm³/mol. The Labute approximate surface area is 565 Å². The van der Waals surface area contributed by atoms with E-state index in [1.807, 2.05) is 64.6 Å². The highest BCUT2D eigenvalue weighted by atomic mass is 32.2. The molecule has 0 bridgehead atoms. The Morgan fingerprint density at radius 2 is 1.24 bits per heavy atom. The monoisotopic (exact) mass is 1360 g/mol. The maximum absolute atomic E-state index is 15.0. The van der Waals surface area contributed by atoms with Crippen LogP contribution >= 0.6 is 0 Å². The normalized spacial score (nSPS) is 14.5. The minimum atomic E-state index is -4.98. The van der Waals surface area contributed by atoms with Crippen LogP contribution in [0.3, 0.4) is 0 Å². The number of allylic oxidation sites excluding steroid dienone is 6. The van der Waals surface area contributed by atoms with E-state index < -0.39 is 89.5 Å². The van der Waals surface area contributed by atoms with Crippen LogP contribution in [0.15, 0.2) is 162 Å². The second-order valence-electron chi connectivity index (χ2n) is 26.3. The van der Waals surface area contributed by atoms with Gasteiger partial charge < -0.3 is 35.6 Å². The smallest absolute Gasteiger partial charge is 0.423 e. The minimum absolute atomic E-state index is 0.0330. The maximum Gasteiger partial charge on any atom is 0.488 e. The molecule has 1 aliphatic carbocycles. The molecule has 24 heteroatoms. The summed E-state index contributed by atoms with van der Waals surface area (Å²) in [6.07, 6.45) is 7.92. The van der Waals surface area contributed by atoms with Crippen molar-refractivity contribution in [3.8, 4) is 0 Å². The summed E-state index contributed by atoms with van der Waals surface area (Å²) in [5.74, 6) is -6.17. The molecule has 2 aliphatic rings. The van der Waals surface area contributed by atoms with Crippen molar-refractivity contribution in [1.29, 1.82) is 0 Å². The number of nitrogens with zero attached hydrogens (tertiary/aromatic N) is 3. The second-order valence-corrected chi connectivity index (χ2v) is 33.6. The summed E-state index contributed by atoms with van der Waals surface area (Å²) >= 11 is 0. The summed E-state index contributed by atoms with van der Waals surface area (Å²) in [6.45, 7) is 14.8. The SMILES string of the molecule is C=C(C)C(=O)CCCCCC(=O)C(CS(=O)(=O)O)C(Cc1ccccc1B(O)O)Cc1c2ccccc2c(CN(Cc2ccccc2B(O)O)C(CS(=O)(=O)O)C(=O)NCCCNC(=O)C(=C)C)c2cc(C3=C4C=CC(=[N+](C)C)C=C4[Si](C)(C)c4cc(N(C)C)ccc43)ccc12. The van der Waals surface area contributed by atoms with Crippen LogP contribution in [0.5, 0.6) is 0 Å². The summed E-state index contributed by atoms with van der Waals surface area (Å²) in [7, 11) is -8.35. The molecule has 8 N–H and O–H groups in total. The molecule has 0 saturated heterocycles. The van der Waals surface area contributed by atoms with E-state index in [9.17, 15) is 60.4 Å². The number of fused-ring (bicyclic) bond motifs is 4. The molecule has 2 amide bonds. The van der Waals surface area contributed by atoms with E-state index in [0.717, 1.165) is 33.7 Å². The Morgan fingerprint density at radius 1 is 0.646 bits per heavy atom. The van der Waals surface area contributed by atoms with Gasteiger partial charge in [0, 0.05) is 82.4 Å². The van der Waals surface area contributed by atoms with Crippen molar-refractivity contribution in [3.05, 3.63) is 196 Å². The topological polar surface area (TPSA) is 291 Å². The number of nitrogens with one attached hydrogen (secondary N) is 2. The fourth-order valence-electron chi connectivity index (χ4n) is 13.3. The molecule has 19 nitrogen and oxygen atoms in total. The van der Waals surface area contributed by atoms with Crippen LogP contribution in [-0.4, -0.2) is 166 Å². The highest BCUT2D eigenvalue weighted by molar-refractivity contribution is 7.86. The van der Waals surface area contributed by atoms with Gasteiger partial charge in [0.2, 0.25) is 11.8 Å². The van der Waals surface area contributed by atoms with Gasteiger partial charge >= 0.3 is 14.2 Å². The quantitative estimate of drug-likeness (QED) is 0.00607. The summed E-state index contributed by atoms with van der Waals surface area (Å²) in [5, 5.41) is 53.5. The summed E-state index contributed by atoms with van der Waals surface area (Å²) in [4.78, 5) is 58.5. The molecule has 0 radical (unpaired) electrons. The number of Topliss-reactive ketones (excluding diaryl/α,β-unsaturated/α-hetero) is 2. The molecule has 1 aliphatic heterocycles. The molecule has 3 atom stereocenters. The third-order valence-corrected chi connectivity index (χ3v) is 23.5. The third kappa shape index (κ3) is 18.1. The number of hydrogen-bond acceptors (Lipinski definition) is 14. The highest BCUT2D eigenvalue weighted by Gasteiger charge is 2.42. The Kier molecular flexibility index (Phi) is 24.4. The van der Waals surface area contributed by atoms with E-state index in [4.69, 9.17) is 0 Å². The van der Waals surface area contributed by atoms with Crippen molar-refractivity contribution in [3.63, 3.8) is 0 Å². The van der Waals surface area contributed by atoms with Crippen LogP contribution in [0.4, 0.5) is 5.69 Å². The summed E-state index contributed by atoms with van der Waals surface area (Å²) in [5.41, 5.74) is 8.51. The largest absolute Gasteiger partial charge is 0.488 e. The van der Waals surface area contributed by atoms with Crippen molar-refractivity contribution in [2.75, 3.05) is 57.7 Å². The zero-order valence-electron chi connectivity index (χ0n) is 55.9. The minimum Gasteiger partial charge on any atom is -0.423 e. The number of ketones is 2. The van der Waals surface area contributed by atoms with E-state index in [1.165, 1.54) is 22.5 Å². The Balaban J connectivity index is 1.44. The van der Waals surface area contributed by atoms with E-state index >= 15 is 4.79 Å². The highest BCUT2D eigenvalue weighted by Crippen LogP contribution is 2.45. The zero-order chi connectivity index (χ0) is 70.1. The molecule has 0 aromatic heterocycles. The Hall–Kier alpha value is -7.74. The van der Waals surface area contributed by atoms with E-state index in [2.05, 4.69) is 88.9 Å². The third-order valence-electron chi connectivity index (χ3n) is 18.4. The van der Waals surface area contributed by atoms with Gasteiger partial charge in [0.25, 0.3) is 20.2 Å². The van der Waals surface area contributed by atoms with Crippen molar-refractivity contribution < 1.29 is 69.8 Å². The fourth-order valence-corrected chi connectivity index (χ4v) is 18.0. The first-order valence-electron chi connectivity index (χ1n) is 32.2. The molecule has 6 aromatic rings. The molecule has 0 spiro atoms. The lowest BCUT2D eigenvalue weighted by molar-refractivity contribution is -0.462. The number of rotatable bonds is 32. The first kappa shape index (κ1) is 74.1. The van der Waals surface area contributed by atoms with Gasteiger partial charge in [-0.15, -0.1) is 0 Å². The van der Waals surface area contributed by atoms with E-state index in [-0.39, 0.29) is 80.6 Å². The van der Waals surface area contributed by atoms with Crippen LogP contribution in [0.2, 0.25) is 13.1 Å². The maximum atomic E-state index is 15.0. The van der Waals surface area contributed by atoms with Crippen molar-refractivity contribution in [1.82, 2.24) is 15.5 Å². The summed E-state index contributed by atoms with van der Waals surface area (Å²) < 4.78 is 77.3. The number of carbonyl (C=O) groups excluding carboxylic acids is 4. The van der Waals surface area contributed by atoms with E-state index in [1.54, 1.807) is 55.1 Å². The molecule has 0 fully saturated rings. The van der Waals surface area contributed by atoms with Crippen LogP contribution in [0.25, 0.3) is 27.1 Å². The Bertz CT molecular complexity index is 4390. The van der Waals surface area contributed by atoms with Gasteiger partial charge in [-0.05, 0) is 169 Å². The number of anilines is 1. The second kappa shape index (κ2) is 31.6. The number of carbonyl (C=O) groups is 4. The molecule has 8 rings (SSSR count). The molecular formula is C72H88B2N5O14S2Si+. The zero-order valence-corrected chi connectivity index (χ0v) is 58.6. The number of hydrogen-bond donors (Lipinski definition) is 8. The lowest BCUT2D eigenvalue weighted by atomic mass is 9.72. The van der Waals surface area contributed by atoms with Gasteiger partial charge in [-0.3, -0.25) is 33.2 Å². The van der Waals surface area contributed by atoms with Gasteiger partial charge in [0.05, 0.1) is 11.5 Å².